The van der Waals surface area contributed by atoms with Crippen molar-refractivity contribution in [1.82, 2.24) is 0 Å². The van der Waals surface area contributed by atoms with E-state index in [1.165, 1.54) is 11.1 Å². The van der Waals surface area contributed by atoms with Crippen molar-refractivity contribution in [2.45, 2.75) is 70.3 Å². The minimum Gasteiger partial charge on any atom is -0.481 e. The Morgan fingerprint density at radius 1 is 0.812 bits per heavy atom. The minimum atomic E-state index is -4.16. The third-order valence-corrected chi connectivity index (χ3v) is 6.31. The number of aryl methyl sites for hydroxylation is 2. The Labute approximate surface area is 191 Å². The molecule has 6 nitrogen and oxygen atoms in total. The lowest BCUT2D eigenvalue weighted by molar-refractivity contribution is -0.137. The highest BCUT2D eigenvalue weighted by atomic mass is 31.2. The average Bonchev–Trinajstić information content (AvgIpc) is 2.77. The topological polar surface area (TPSA) is 93.1 Å². The molecule has 0 fully saturated rings. The highest BCUT2D eigenvalue weighted by molar-refractivity contribution is 7.47. The summed E-state index contributed by atoms with van der Waals surface area (Å²) in [5.74, 6) is -0.837. The van der Waals surface area contributed by atoms with Crippen molar-refractivity contribution in [1.29, 1.82) is 0 Å². The lowest BCUT2D eigenvalue weighted by atomic mass is 10.0. The molecule has 2 aromatic rings. The van der Waals surface area contributed by atoms with Gasteiger partial charge in [-0.05, 0) is 62.5 Å². The van der Waals surface area contributed by atoms with E-state index in [-0.39, 0.29) is 19.1 Å². The van der Waals surface area contributed by atoms with Gasteiger partial charge in [-0.1, -0.05) is 67.1 Å². The Bertz CT molecular complexity index is 766. The monoisotopic (exact) mass is 462 g/mol. The van der Waals surface area contributed by atoms with Gasteiger partial charge in [-0.3, -0.25) is 13.8 Å². The molecule has 0 aromatic heterocycles. The molecule has 0 amide bonds. The Morgan fingerprint density at radius 2 is 1.34 bits per heavy atom. The van der Waals surface area contributed by atoms with Crippen LogP contribution in [0.1, 0.15) is 62.5 Å². The number of hydrogen-bond acceptors (Lipinski definition) is 4. The van der Waals surface area contributed by atoms with Gasteiger partial charge in [0.25, 0.3) is 0 Å². The van der Waals surface area contributed by atoms with E-state index in [2.05, 4.69) is 24.3 Å². The Hall–Kier alpha value is -1.98. The first-order chi connectivity index (χ1) is 15.4. The molecular formula is C25H35O6P. The summed E-state index contributed by atoms with van der Waals surface area (Å²) in [6, 6.07) is 20.3. The molecule has 2 aromatic carbocycles. The van der Waals surface area contributed by atoms with Crippen molar-refractivity contribution >= 4 is 13.8 Å². The van der Waals surface area contributed by atoms with E-state index in [4.69, 9.17) is 14.2 Å². The van der Waals surface area contributed by atoms with Crippen LogP contribution in [0.5, 0.6) is 0 Å². The second kappa shape index (κ2) is 15.0. The number of unbranched alkanes of at least 4 members (excludes halogenated alkanes) is 2. The second-order valence-electron chi connectivity index (χ2n) is 7.99. The van der Waals surface area contributed by atoms with Gasteiger partial charge in [-0.15, -0.1) is 0 Å². The van der Waals surface area contributed by atoms with Crippen LogP contribution in [0.2, 0.25) is 0 Å². The number of carboxylic acid groups (broad SMARTS) is 1. The van der Waals surface area contributed by atoms with Crippen LogP contribution in [0, 0.1) is 0 Å². The summed E-state index contributed by atoms with van der Waals surface area (Å²) in [6.07, 6.45) is 6.26. The highest BCUT2D eigenvalue weighted by Crippen LogP contribution is 2.46. The van der Waals surface area contributed by atoms with Gasteiger partial charge in [0, 0.05) is 6.42 Å². The average molecular weight is 463 g/mol. The quantitative estimate of drug-likeness (QED) is 0.215. The second-order valence-corrected chi connectivity index (χ2v) is 9.40. The third kappa shape index (κ3) is 12.2. The summed E-state index contributed by atoms with van der Waals surface area (Å²) >= 11 is 0. The number of carbonyl (C=O) groups is 1. The van der Waals surface area contributed by atoms with Gasteiger partial charge in [-0.25, -0.2) is 4.57 Å². The number of phosphoric acid groups is 1. The van der Waals surface area contributed by atoms with Crippen LogP contribution in [0.25, 0.3) is 0 Å². The zero-order valence-corrected chi connectivity index (χ0v) is 19.5. The van der Waals surface area contributed by atoms with Crippen LogP contribution in [-0.4, -0.2) is 28.7 Å². The first-order valence-electron chi connectivity index (χ1n) is 11.4. The van der Waals surface area contributed by atoms with Crippen molar-refractivity contribution in [3.63, 3.8) is 0 Å². The Balaban J connectivity index is 1.79. The molecule has 0 bridgehead atoms. The molecule has 2 rings (SSSR count). The number of hydrogen-bond donors (Lipinski definition) is 2. The zero-order valence-electron chi connectivity index (χ0n) is 18.6. The molecule has 32 heavy (non-hydrogen) atoms. The minimum absolute atomic E-state index is 0.0775. The van der Waals surface area contributed by atoms with E-state index < -0.39 is 13.8 Å². The predicted octanol–water partition coefficient (Wildman–Crippen LogP) is 6.18. The van der Waals surface area contributed by atoms with E-state index in [9.17, 15) is 14.3 Å². The van der Waals surface area contributed by atoms with Gasteiger partial charge in [-0.2, -0.15) is 0 Å². The first-order valence-corrected chi connectivity index (χ1v) is 12.9. The van der Waals surface area contributed by atoms with E-state index in [0.29, 0.717) is 32.1 Å². The van der Waals surface area contributed by atoms with Crippen molar-refractivity contribution in [3.05, 3.63) is 71.8 Å². The van der Waals surface area contributed by atoms with E-state index in [1.807, 2.05) is 36.4 Å². The molecule has 0 saturated heterocycles. The third-order valence-electron chi connectivity index (χ3n) is 5.24. The fourth-order valence-electron chi connectivity index (χ4n) is 3.56. The Morgan fingerprint density at radius 3 is 1.84 bits per heavy atom. The molecule has 1 atom stereocenters. The van der Waals surface area contributed by atoms with Crippen LogP contribution in [0.3, 0.4) is 0 Å². The highest BCUT2D eigenvalue weighted by Gasteiger charge is 2.26. The van der Waals surface area contributed by atoms with Crippen molar-refractivity contribution < 1.29 is 28.4 Å². The van der Waals surface area contributed by atoms with Crippen LogP contribution in [-0.2, 0) is 31.2 Å². The van der Waals surface area contributed by atoms with Crippen molar-refractivity contribution in [2.75, 3.05) is 6.61 Å². The largest absolute Gasteiger partial charge is 0.481 e. The molecule has 0 saturated carbocycles. The molecular weight excluding hydrogens is 427 g/mol. The van der Waals surface area contributed by atoms with Crippen LogP contribution in [0.15, 0.2) is 60.7 Å². The summed E-state index contributed by atoms with van der Waals surface area (Å²) in [7, 11) is -4.16. The molecule has 0 radical (unpaired) electrons. The summed E-state index contributed by atoms with van der Waals surface area (Å²) < 4.78 is 23.1. The molecule has 1 unspecified atom stereocenters. The van der Waals surface area contributed by atoms with E-state index >= 15 is 0 Å². The SMILES string of the molecule is O=C(O)CCCCCOP(=O)(O)OC(CCCc1ccccc1)CCCc1ccccc1. The molecule has 0 aliphatic rings. The predicted molar refractivity (Wildman–Crippen MR) is 126 cm³/mol. The van der Waals surface area contributed by atoms with Gasteiger partial charge < -0.3 is 10.00 Å². The Kier molecular flexibility index (Phi) is 12.3. The summed E-state index contributed by atoms with van der Waals surface area (Å²) in [6.45, 7) is 0.0775. The van der Waals surface area contributed by atoms with Crippen LogP contribution in [0.4, 0.5) is 0 Å². The molecule has 7 heteroatoms. The summed E-state index contributed by atoms with van der Waals surface area (Å²) in [5.41, 5.74) is 2.47. The molecule has 0 heterocycles. The van der Waals surface area contributed by atoms with Crippen molar-refractivity contribution in [2.24, 2.45) is 0 Å². The van der Waals surface area contributed by atoms with Crippen LogP contribution < -0.4 is 0 Å². The lowest BCUT2D eigenvalue weighted by Gasteiger charge is -2.21. The fraction of sp³-hybridized carbons (Fsp3) is 0.480. The maximum Gasteiger partial charge on any atom is 0.472 e. The van der Waals surface area contributed by atoms with Gasteiger partial charge >= 0.3 is 13.8 Å². The number of rotatable bonds is 17. The van der Waals surface area contributed by atoms with Crippen LogP contribution >= 0.6 is 7.82 Å². The molecule has 0 aliphatic heterocycles. The van der Waals surface area contributed by atoms with E-state index in [1.54, 1.807) is 0 Å². The molecule has 176 valence electrons. The number of aliphatic carboxylic acids is 1. The lowest BCUT2D eigenvalue weighted by Crippen LogP contribution is -2.14. The number of phosphoric ester groups is 1. The standard InChI is InChI=1S/C25H35O6P/c26-25(27)20-8-3-9-21-30-32(28,29)31-24(18-10-16-22-12-4-1-5-13-22)19-11-17-23-14-6-2-7-15-23/h1-2,4-7,12-15,24H,3,8-11,16-21H2,(H,26,27)(H,28,29). The van der Waals surface area contributed by atoms with Gasteiger partial charge in [0.15, 0.2) is 0 Å². The smallest absolute Gasteiger partial charge is 0.472 e. The molecule has 0 aliphatic carbocycles. The summed E-state index contributed by atoms with van der Waals surface area (Å²) in [5, 5.41) is 8.65. The number of benzene rings is 2. The maximum atomic E-state index is 12.4. The van der Waals surface area contributed by atoms with E-state index in [0.717, 1.165) is 25.7 Å². The normalized spacial score (nSPS) is 13.2. The van der Waals surface area contributed by atoms with Gasteiger partial charge in [0.2, 0.25) is 0 Å². The molecule has 0 spiro atoms. The van der Waals surface area contributed by atoms with Gasteiger partial charge in [0.05, 0.1) is 12.7 Å². The first kappa shape index (κ1) is 26.3. The zero-order chi connectivity index (χ0) is 23.1. The fourth-order valence-corrected chi connectivity index (χ4v) is 4.57. The summed E-state index contributed by atoms with van der Waals surface area (Å²) in [4.78, 5) is 20.7. The van der Waals surface area contributed by atoms with Gasteiger partial charge in [0.1, 0.15) is 0 Å². The van der Waals surface area contributed by atoms with Crippen molar-refractivity contribution in [3.8, 4) is 0 Å². The maximum absolute atomic E-state index is 12.4. The number of carboxylic acids is 1. The molecule has 2 N–H and O–H groups in total.